The Morgan fingerprint density at radius 2 is 1.60 bits per heavy atom. The summed E-state index contributed by atoms with van der Waals surface area (Å²) < 4.78 is 43.8. The van der Waals surface area contributed by atoms with Crippen molar-refractivity contribution in [2.75, 3.05) is 26.9 Å². The van der Waals surface area contributed by atoms with Crippen LogP contribution in [0, 0.1) is 11.8 Å². The minimum absolute atomic E-state index is 0.0452. The molecule has 9 heteroatoms. The lowest BCUT2D eigenvalue weighted by atomic mass is 9.88. The third kappa shape index (κ3) is 9.54. The van der Waals surface area contributed by atoms with E-state index in [1.165, 1.54) is 0 Å². The molecule has 2 saturated heterocycles. The molecule has 0 aromatic heterocycles. The number of methoxy groups -OCH3 is 1. The quantitative estimate of drug-likeness (QED) is 0.0922. The maximum atomic E-state index is 12.2. The molecule has 0 spiro atoms. The molecule has 0 amide bonds. The normalized spacial score (nSPS) is 28.8. The van der Waals surface area contributed by atoms with Crippen molar-refractivity contribution in [3.63, 3.8) is 0 Å². The average molecular weight is 619 g/mol. The monoisotopic (exact) mass is 618 g/mol. The molecule has 2 heterocycles. The SMILES string of the molecule is COc1ccc(OCC/C=C(/OC2CCCCO2)[C@@H]2[C@H](CC=O)[C@H](O[Si](C)(C)C(C)(C)C)C[C@@H]2OC2CCCCO2)cc1. The molecule has 43 heavy (non-hydrogen) atoms. The van der Waals surface area contributed by atoms with Gasteiger partial charge in [-0.25, -0.2) is 0 Å². The number of carbonyl (C=O) groups excluding carboxylic acids is 1. The van der Waals surface area contributed by atoms with E-state index in [0.717, 1.165) is 62.1 Å². The molecular formula is C34H54O8Si. The van der Waals surface area contributed by atoms with E-state index >= 15 is 0 Å². The third-order valence-electron chi connectivity index (χ3n) is 9.41. The molecule has 242 valence electrons. The van der Waals surface area contributed by atoms with Crippen molar-refractivity contribution in [1.29, 1.82) is 0 Å². The molecule has 3 fully saturated rings. The highest BCUT2D eigenvalue weighted by molar-refractivity contribution is 6.74. The van der Waals surface area contributed by atoms with Crippen molar-refractivity contribution in [2.45, 2.75) is 121 Å². The van der Waals surface area contributed by atoms with Crippen LogP contribution in [0.5, 0.6) is 11.5 Å². The predicted molar refractivity (Wildman–Crippen MR) is 169 cm³/mol. The van der Waals surface area contributed by atoms with Gasteiger partial charge in [0.15, 0.2) is 20.9 Å². The zero-order valence-electron chi connectivity index (χ0n) is 27.2. The first-order chi connectivity index (χ1) is 20.6. The first-order valence-electron chi connectivity index (χ1n) is 16.2. The maximum Gasteiger partial charge on any atom is 0.199 e. The predicted octanol–water partition coefficient (Wildman–Crippen LogP) is 7.42. The lowest BCUT2D eigenvalue weighted by Gasteiger charge is -2.40. The first kappa shape index (κ1) is 34.0. The fraction of sp³-hybridized carbons (Fsp3) is 0.735. The molecule has 6 atom stereocenters. The summed E-state index contributed by atoms with van der Waals surface area (Å²) in [4.78, 5) is 12.2. The molecule has 3 aliphatic rings. The van der Waals surface area contributed by atoms with Gasteiger partial charge in [-0.15, -0.1) is 0 Å². The van der Waals surface area contributed by atoms with Crippen molar-refractivity contribution >= 4 is 14.6 Å². The topological polar surface area (TPSA) is 81.7 Å². The Bertz CT molecular complexity index is 1010. The van der Waals surface area contributed by atoms with Crippen LogP contribution in [-0.4, -0.2) is 66.3 Å². The van der Waals surface area contributed by atoms with Gasteiger partial charge < -0.3 is 37.6 Å². The molecular weight excluding hydrogens is 564 g/mol. The van der Waals surface area contributed by atoms with Crippen molar-refractivity contribution < 1.29 is 37.6 Å². The second-order valence-corrected chi connectivity index (χ2v) is 18.3. The summed E-state index contributed by atoms with van der Waals surface area (Å²) in [6.45, 7) is 13.2. The molecule has 2 unspecified atom stereocenters. The van der Waals surface area contributed by atoms with Crippen LogP contribution in [0.3, 0.4) is 0 Å². The summed E-state index contributed by atoms with van der Waals surface area (Å²) in [6.07, 6.45) is 9.95. The number of hydrogen-bond donors (Lipinski definition) is 0. The van der Waals surface area contributed by atoms with Gasteiger partial charge in [-0.3, -0.25) is 0 Å². The number of rotatable bonds is 14. The van der Waals surface area contributed by atoms with E-state index in [1.54, 1.807) is 7.11 Å². The zero-order valence-corrected chi connectivity index (χ0v) is 28.2. The Kier molecular flexibility index (Phi) is 12.6. The summed E-state index contributed by atoms with van der Waals surface area (Å²) in [5.74, 6) is 2.17. The van der Waals surface area contributed by atoms with E-state index in [9.17, 15) is 4.79 Å². The molecule has 1 aromatic carbocycles. The fourth-order valence-corrected chi connectivity index (χ4v) is 7.36. The molecule has 1 aliphatic carbocycles. The molecule has 1 saturated carbocycles. The Labute approximate surface area is 259 Å². The highest BCUT2D eigenvalue weighted by Crippen LogP contribution is 2.47. The number of benzene rings is 1. The fourth-order valence-electron chi connectivity index (χ4n) is 5.97. The van der Waals surface area contributed by atoms with Gasteiger partial charge in [0.2, 0.25) is 0 Å². The van der Waals surface area contributed by atoms with Crippen LogP contribution in [-0.2, 0) is 28.2 Å². The lowest BCUT2D eigenvalue weighted by molar-refractivity contribution is -0.201. The van der Waals surface area contributed by atoms with Gasteiger partial charge in [-0.05, 0) is 87.0 Å². The number of ether oxygens (including phenoxy) is 6. The summed E-state index contributed by atoms with van der Waals surface area (Å²) in [5, 5.41) is 0.0452. The molecule has 2 aliphatic heterocycles. The minimum Gasteiger partial charge on any atom is -0.497 e. The highest BCUT2D eigenvalue weighted by Gasteiger charge is 2.51. The van der Waals surface area contributed by atoms with Gasteiger partial charge in [0.1, 0.15) is 23.5 Å². The van der Waals surface area contributed by atoms with E-state index in [4.69, 9.17) is 32.8 Å². The third-order valence-corrected chi connectivity index (χ3v) is 13.9. The van der Waals surface area contributed by atoms with Gasteiger partial charge in [0.05, 0.1) is 32.5 Å². The molecule has 0 radical (unpaired) electrons. The highest BCUT2D eigenvalue weighted by atomic mass is 28.4. The van der Waals surface area contributed by atoms with Crippen LogP contribution in [0.25, 0.3) is 0 Å². The Morgan fingerprint density at radius 1 is 0.953 bits per heavy atom. The molecule has 0 bridgehead atoms. The van der Waals surface area contributed by atoms with Gasteiger partial charge >= 0.3 is 0 Å². The van der Waals surface area contributed by atoms with Crippen LogP contribution in [0.1, 0.15) is 78.6 Å². The molecule has 0 N–H and O–H groups in total. The second kappa shape index (κ2) is 15.9. The van der Waals surface area contributed by atoms with E-state index < -0.39 is 8.32 Å². The second-order valence-electron chi connectivity index (χ2n) is 13.5. The van der Waals surface area contributed by atoms with Crippen LogP contribution < -0.4 is 9.47 Å². The number of carbonyl (C=O) groups is 1. The minimum atomic E-state index is -2.12. The maximum absolute atomic E-state index is 12.2. The first-order valence-corrected chi connectivity index (χ1v) is 19.2. The molecule has 4 rings (SSSR count). The summed E-state index contributed by atoms with van der Waals surface area (Å²) in [6, 6.07) is 7.59. The van der Waals surface area contributed by atoms with Crippen LogP contribution in [0.4, 0.5) is 0 Å². The Morgan fingerprint density at radius 3 is 2.19 bits per heavy atom. The summed E-state index contributed by atoms with van der Waals surface area (Å²) in [5.41, 5.74) is 0. The van der Waals surface area contributed by atoms with Crippen molar-refractivity contribution in [3.05, 3.63) is 36.1 Å². The smallest absolute Gasteiger partial charge is 0.199 e. The van der Waals surface area contributed by atoms with Crippen molar-refractivity contribution in [3.8, 4) is 11.5 Å². The van der Waals surface area contributed by atoms with Gasteiger partial charge in [0, 0.05) is 37.7 Å². The summed E-state index contributed by atoms with van der Waals surface area (Å²) >= 11 is 0. The largest absolute Gasteiger partial charge is 0.497 e. The van der Waals surface area contributed by atoms with E-state index in [1.807, 2.05) is 24.3 Å². The Balaban J connectivity index is 1.60. The van der Waals surface area contributed by atoms with Gasteiger partial charge in [-0.2, -0.15) is 0 Å². The summed E-state index contributed by atoms with van der Waals surface area (Å²) in [7, 11) is -0.470. The van der Waals surface area contributed by atoms with E-state index in [0.29, 0.717) is 39.1 Å². The van der Waals surface area contributed by atoms with E-state index in [-0.39, 0.29) is 41.7 Å². The van der Waals surface area contributed by atoms with Crippen molar-refractivity contribution in [2.24, 2.45) is 11.8 Å². The lowest BCUT2D eigenvalue weighted by Crippen LogP contribution is -2.45. The standard InChI is InChI=1S/C34H54O8Si/c1-34(2,3)43(5,6)42-29-24-30(41-32-14-8-10-22-39-32)33(27(29)19-20-35)28(40-31-13-7-9-21-38-31)12-11-23-37-26-17-15-25(36-4)16-18-26/h12,15-18,20,27,29-33H,7-11,13-14,19,21-24H2,1-6H3/b28-12+/t27-,29-,30+,31?,32?,33+/m1/s1. The van der Waals surface area contributed by atoms with Crippen LogP contribution in [0.15, 0.2) is 36.1 Å². The average Bonchev–Trinajstić information content (AvgIpc) is 3.30. The van der Waals surface area contributed by atoms with Gasteiger partial charge in [0.25, 0.3) is 0 Å². The number of aldehydes is 1. The van der Waals surface area contributed by atoms with E-state index in [2.05, 4.69) is 39.9 Å². The van der Waals surface area contributed by atoms with Gasteiger partial charge in [-0.1, -0.05) is 20.8 Å². The molecule has 8 nitrogen and oxygen atoms in total. The van der Waals surface area contributed by atoms with Crippen molar-refractivity contribution in [1.82, 2.24) is 0 Å². The Hall–Kier alpha value is -1.91. The van der Waals surface area contributed by atoms with Crippen LogP contribution >= 0.6 is 0 Å². The number of hydrogen-bond acceptors (Lipinski definition) is 8. The zero-order chi connectivity index (χ0) is 30.9. The molecule has 1 aromatic rings. The van der Waals surface area contributed by atoms with Crippen LogP contribution in [0.2, 0.25) is 18.1 Å².